The zero-order chi connectivity index (χ0) is 40.6. The average Bonchev–Trinajstić information content (AvgIpc) is 3.64. The van der Waals surface area contributed by atoms with E-state index in [1.54, 1.807) is 6.92 Å². The summed E-state index contributed by atoms with van der Waals surface area (Å²) in [6.07, 6.45) is -13.2. The van der Waals surface area contributed by atoms with Crippen LogP contribution in [0.4, 0.5) is 39.5 Å². The van der Waals surface area contributed by atoms with Crippen LogP contribution < -0.4 is 36.0 Å². The third kappa shape index (κ3) is 8.89. The summed E-state index contributed by atoms with van der Waals surface area (Å²) in [4.78, 5) is 0. The molecule has 296 valence electrons. The topological polar surface area (TPSA) is 18.5 Å². The standard InChI is InChI=1S/C43H39F9O2P2/c1-26-18-28(41(44,45)46)21-33(19-26)55(34-22-29(42(47,48)49)20-30(23-34)43(50,51)52)27(2)35-16-11-17-36(35)37-24-38(53-3)39(54-4)25-40(37)56(31-12-7-5-8-13-31)32-14-9-6-10-15-32/h5-10,12-15,18-25,27,35-36H,11,16-17H2,1-4H3/t27-,35?,36?,55?/m1/s1. The van der Waals surface area contributed by atoms with Crippen LogP contribution in [-0.2, 0) is 18.5 Å². The molecular formula is C43H39F9O2P2. The van der Waals surface area contributed by atoms with Gasteiger partial charge in [-0.15, -0.1) is 0 Å². The number of rotatable bonds is 10. The summed E-state index contributed by atoms with van der Waals surface area (Å²) in [5.41, 5.74) is -3.60. The van der Waals surface area contributed by atoms with Crippen LogP contribution in [0.3, 0.4) is 0 Å². The Balaban J connectivity index is 1.58. The second-order valence-corrected chi connectivity index (χ2v) is 18.7. The van der Waals surface area contributed by atoms with Crippen LogP contribution >= 0.6 is 15.8 Å². The Morgan fingerprint density at radius 1 is 0.571 bits per heavy atom. The SMILES string of the molecule is COc1cc(C2CCCC2[C@@H](C)P(c2cc(C)cc(C(F)(F)F)c2)c2cc(C(F)(F)F)cc(C(F)(F)F)c2)c(P(c2ccccc2)c2ccccc2)cc1OC. The van der Waals surface area contributed by atoms with Gasteiger partial charge >= 0.3 is 18.5 Å². The molecule has 13 heteroatoms. The first-order chi connectivity index (χ1) is 26.4. The summed E-state index contributed by atoms with van der Waals surface area (Å²) >= 11 is 0. The minimum atomic E-state index is -5.14. The Kier molecular flexibility index (Phi) is 12.2. The lowest BCUT2D eigenvalue weighted by molar-refractivity contribution is -0.143. The van der Waals surface area contributed by atoms with E-state index in [1.165, 1.54) is 27.2 Å². The zero-order valence-electron chi connectivity index (χ0n) is 30.9. The lowest BCUT2D eigenvalue weighted by Gasteiger charge is -2.36. The van der Waals surface area contributed by atoms with Gasteiger partial charge < -0.3 is 9.47 Å². The first-order valence-corrected chi connectivity index (χ1v) is 20.6. The second kappa shape index (κ2) is 16.4. The molecule has 5 aromatic carbocycles. The third-order valence-corrected chi connectivity index (χ3v) is 15.6. The summed E-state index contributed by atoms with van der Waals surface area (Å²) in [5.74, 6) is 0.310. The van der Waals surface area contributed by atoms with Gasteiger partial charge in [-0.2, -0.15) is 39.5 Å². The minimum Gasteiger partial charge on any atom is -0.493 e. The molecule has 3 unspecified atom stereocenters. The number of aryl methyl sites for hydroxylation is 1. The van der Waals surface area contributed by atoms with Gasteiger partial charge in [0, 0.05) is 0 Å². The molecule has 0 heterocycles. The molecule has 6 rings (SSSR count). The molecule has 56 heavy (non-hydrogen) atoms. The van der Waals surface area contributed by atoms with E-state index in [4.69, 9.17) is 9.47 Å². The Labute approximate surface area is 322 Å². The molecule has 0 aromatic heterocycles. The first kappa shape index (κ1) is 41.6. The Morgan fingerprint density at radius 2 is 1.04 bits per heavy atom. The van der Waals surface area contributed by atoms with Gasteiger partial charge in [-0.25, -0.2) is 0 Å². The lowest BCUT2D eigenvalue weighted by Crippen LogP contribution is -2.31. The van der Waals surface area contributed by atoms with Gasteiger partial charge in [0.2, 0.25) is 0 Å². The molecule has 1 saturated carbocycles. The quantitative estimate of drug-likeness (QED) is 0.103. The second-order valence-electron chi connectivity index (χ2n) is 13.9. The highest BCUT2D eigenvalue weighted by atomic mass is 31.1. The third-order valence-electron chi connectivity index (χ3n) is 10.3. The number of hydrogen-bond acceptors (Lipinski definition) is 2. The van der Waals surface area contributed by atoms with E-state index in [0.717, 1.165) is 33.6 Å². The van der Waals surface area contributed by atoms with Gasteiger partial charge in [-0.3, -0.25) is 0 Å². The highest BCUT2D eigenvalue weighted by Crippen LogP contribution is 2.55. The molecular weight excluding hydrogens is 781 g/mol. The van der Waals surface area contributed by atoms with Crippen molar-refractivity contribution in [3.63, 3.8) is 0 Å². The fourth-order valence-corrected chi connectivity index (χ4v) is 13.5. The van der Waals surface area contributed by atoms with E-state index in [9.17, 15) is 39.5 Å². The largest absolute Gasteiger partial charge is 0.493 e. The van der Waals surface area contributed by atoms with Crippen LogP contribution in [0.25, 0.3) is 0 Å². The van der Waals surface area contributed by atoms with E-state index in [-0.39, 0.29) is 34.1 Å². The molecule has 1 aliphatic rings. The van der Waals surface area contributed by atoms with Crippen molar-refractivity contribution in [2.24, 2.45) is 5.92 Å². The van der Waals surface area contributed by atoms with Crippen molar-refractivity contribution >= 4 is 42.4 Å². The summed E-state index contributed by atoms with van der Waals surface area (Å²) < 4.78 is 140. The Hall–Kier alpha value is -4.07. The van der Waals surface area contributed by atoms with E-state index < -0.39 is 56.7 Å². The maximum atomic E-state index is 14.3. The molecule has 1 aliphatic carbocycles. The van der Waals surface area contributed by atoms with Gasteiger partial charge in [0.25, 0.3) is 0 Å². The molecule has 5 aromatic rings. The van der Waals surface area contributed by atoms with Crippen molar-refractivity contribution in [2.45, 2.75) is 63.2 Å². The lowest BCUT2D eigenvalue weighted by atomic mass is 9.86. The minimum absolute atomic E-state index is 0.0567. The van der Waals surface area contributed by atoms with E-state index in [0.29, 0.717) is 42.9 Å². The summed E-state index contributed by atoms with van der Waals surface area (Å²) in [5, 5.41) is 2.78. The Bertz CT molecular complexity index is 2060. The average molecular weight is 821 g/mol. The number of ether oxygens (including phenoxy) is 2. The van der Waals surface area contributed by atoms with Gasteiger partial charge in [-0.1, -0.05) is 80.1 Å². The maximum absolute atomic E-state index is 14.3. The molecule has 0 radical (unpaired) electrons. The number of halogens is 9. The fraction of sp³-hybridized carbons (Fsp3) is 0.302. The van der Waals surface area contributed by atoms with Crippen molar-refractivity contribution in [2.75, 3.05) is 14.2 Å². The summed E-state index contributed by atoms with van der Waals surface area (Å²) in [6, 6.07) is 28.3. The maximum Gasteiger partial charge on any atom is 0.416 e. The van der Waals surface area contributed by atoms with Gasteiger partial charge in [-0.05, 0) is 133 Å². The molecule has 1 fully saturated rings. The molecule has 0 saturated heterocycles. The van der Waals surface area contributed by atoms with Crippen LogP contribution in [0.5, 0.6) is 11.5 Å². The smallest absolute Gasteiger partial charge is 0.416 e. The van der Waals surface area contributed by atoms with Crippen LogP contribution in [0.1, 0.15) is 59.9 Å². The number of benzene rings is 5. The van der Waals surface area contributed by atoms with E-state index in [2.05, 4.69) is 0 Å². The van der Waals surface area contributed by atoms with Crippen LogP contribution in [0.2, 0.25) is 0 Å². The summed E-state index contributed by atoms with van der Waals surface area (Å²) in [6.45, 7) is 3.20. The van der Waals surface area contributed by atoms with E-state index >= 15 is 0 Å². The molecule has 4 atom stereocenters. The monoisotopic (exact) mass is 820 g/mol. The molecule has 2 nitrogen and oxygen atoms in total. The summed E-state index contributed by atoms with van der Waals surface area (Å²) in [7, 11) is -0.416. The van der Waals surface area contributed by atoms with Crippen LogP contribution in [0, 0.1) is 12.8 Å². The van der Waals surface area contributed by atoms with Gasteiger partial charge in [0.15, 0.2) is 11.5 Å². The number of hydrogen-bond donors (Lipinski definition) is 0. The highest BCUT2D eigenvalue weighted by molar-refractivity contribution is 7.80. The fourth-order valence-electron chi connectivity index (χ4n) is 7.86. The van der Waals surface area contributed by atoms with Gasteiger partial charge in [0.05, 0.1) is 30.9 Å². The van der Waals surface area contributed by atoms with Gasteiger partial charge in [0.1, 0.15) is 0 Å². The molecule has 0 N–H and O–H groups in total. The Morgan fingerprint density at radius 3 is 1.52 bits per heavy atom. The highest BCUT2D eigenvalue weighted by Gasteiger charge is 2.43. The molecule has 0 aliphatic heterocycles. The zero-order valence-corrected chi connectivity index (χ0v) is 32.6. The van der Waals surface area contributed by atoms with Crippen LogP contribution in [0.15, 0.2) is 109 Å². The first-order valence-electron chi connectivity index (χ1n) is 17.8. The molecule has 0 amide bonds. The predicted molar refractivity (Wildman–Crippen MR) is 207 cm³/mol. The van der Waals surface area contributed by atoms with Crippen molar-refractivity contribution in [3.8, 4) is 11.5 Å². The molecule has 0 bridgehead atoms. The predicted octanol–water partition coefficient (Wildman–Crippen LogP) is 11.2. The van der Waals surface area contributed by atoms with Crippen LogP contribution in [-0.4, -0.2) is 19.9 Å². The van der Waals surface area contributed by atoms with Crippen molar-refractivity contribution in [3.05, 3.63) is 137 Å². The van der Waals surface area contributed by atoms with E-state index in [1.807, 2.05) is 72.8 Å². The number of methoxy groups -OCH3 is 2. The van der Waals surface area contributed by atoms with Crippen molar-refractivity contribution < 1.29 is 49.0 Å². The van der Waals surface area contributed by atoms with Crippen molar-refractivity contribution in [1.29, 1.82) is 0 Å². The number of alkyl halides is 9. The van der Waals surface area contributed by atoms with Crippen molar-refractivity contribution in [1.82, 2.24) is 0 Å². The molecule has 0 spiro atoms. The normalized spacial score (nSPS) is 17.5.